The Balaban J connectivity index is 5.18. The number of hydrogen-bond donors (Lipinski definition) is 3. The van der Waals surface area contributed by atoms with Crippen molar-refractivity contribution in [2.45, 2.75) is 439 Å². The van der Waals surface area contributed by atoms with E-state index in [0.717, 1.165) is 115 Å². The monoisotopic (exact) mass is 1450 g/mol. The second-order valence-corrected chi connectivity index (χ2v) is 32.7. The summed E-state index contributed by atoms with van der Waals surface area (Å²) in [7, 11) is -9.91. The van der Waals surface area contributed by atoms with Crippen molar-refractivity contribution in [2.75, 3.05) is 39.6 Å². The number of ether oxygens (including phenoxy) is 4. The number of carbonyl (C=O) groups is 4. The number of esters is 4. The fourth-order valence-electron chi connectivity index (χ4n) is 12.4. The summed E-state index contributed by atoms with van der Waals surface area (Å²) >= 11 is 0. The SMILES string of the molecule is CCCCCCCCCCCCCCCCCCCCCCC(=O)O[C@H](COC(=O)CCCCCCCCCCCCCCCC(C)C)COP(=O)(O)OC[C@@H](O)COP(=O)(O)OC[C@@H](COC(=O)CCCCCCCCC)OC(=O)CCCCCCCCCCCCCCCC(C)C. The lowest BCUT2D eigenvalue weighted by Gasteiger charge is -2.21. The highest BCUT2D eigenvalue weighted by atomic mass is 31.2. The Morgan fingerprint density at radius 1 is 0.273 bits per heavy atom. The lowest BCUT2D eigenvalue weighted by molar-refractivity contribution is -0.161. The number of phosphoric acid groups is 2. The zero-order valence-electron chi connectivity index (χ0n) is 64.8. The van der Waals surface area contributed by atoms with Gasteiger partial charge in [-0.15, -0.1) is 0 Å². The Morgan fingerprint density at radius 3 is 0.687 bits per heavy atom. The van der Waals surface area contributed by atoms with Gasteiger partial charge in [0.15, 0.2) is 12.2 Å². The predicted molar refractivity (Wildman–Crippen MR) is 405 cm³/mol. The number of unbranched alkanes of at least 4 members (excludes halogenated alkanes) is 49. The van der Waals surface area contributed by atoms with Crippen molar-refractivity contribution < 1.29 is 80.2 Å². The van der Waals surface area contributed by atoms with Crippen LogP contribution in [-0.4, -0.2) is 96.7 Å². The minimum absolute atomic E-state index is 0.107. The summed E-state index contributed by atoms with van der Waals surface area (Å²) in [5.74, 6) is -0.536. The van der Waals surface area contributed by atoms with Gasteiger partial charge in [0, 0.05) is 25.7 Å². The summed E-state index contributed by atoms with van der Waals surface area (Å²) in [6, 6.07) is 0. The van der Waals surface area contributed by atoms with Gasteiger partial charge >= 0.3 is 39.5 Å². The third kappa shape index (κ3) is 74.1. The Hall–Kier alpha value is -1.94. The maximum atomic E-state index is 13.1. The molecule has 0 rings (SSSR count). The molecule has 99 heavy (non-hydrogen) atoms. The Labute approximate surface area is 607 Å². The maximum Gasteiger partial charge on any atom is 0.472 e. The van der Waals surface area contributed by atoms with Gasteiger partial charge in [-0.05, 0) is 37.5 Å². The van der Waals surface area contributed by atoms with Gasteiger partial charge in [-0.2, -0.15) is 0 Å². The quantitative estimate of drug-likeness (QED) is 0.0222. The molecule has 0 saturated carbocycles. The van der Waals surface area contributed by atoms with E-state index in [1.165, 1.54) is 225 Å². The van der Waals surface area contributed by atoms with E-state index in [-0.39, 0.29) is 25.7 Å². The van der Waals surface area contributed by atoms with E-state index >= 15 is 0 Å². The van der Waals surface area contributed by atoms with Crippen LogP contribution in [-0.2, 0) is 65.4 Å². The fraction of sp³-hybridized carbons (Fsp3) is 0.950. The molecule has 0 saturated heterocycles. The summed E-state index contributed by atoms with van der Waals surface area (Å²) in [6.07, 6.45) is 61.2. The Kier molecular flexibility index (Phi) is 70.3. The van der Waals surface area contributed by atoms with E-state index in [1.54, 1.807) is 0 Å². The number of aliphatic hydroxyl groups excluding tert-OH is 1. The van der Waals surface area contributed by atoms with Crippen molar-refractivity contribution in [3.63, 3.8) is 0 Å². The van der Waals surface area contributed by atoms with E-state index in [1.807, 2.05) is 0 Å². The molecule has 3 N–H and O–H groups in total. The van der Waals surface area contributed by atoms with Crippen LogP contribution in [0.1, 0.15) is 420 Å². The molecule has 0 aromatic carbocycles. The fourth-order valence-corrected chi connectivity index (χ4v) is 13.9. The molecule has 0 fully saturated rings. The lowest BCUT2D eigenvalue weighted by atomic mass is 10.0. The molecule has 0 aliphatic carbocycles. The topological polar surface area (TPSA) is 237 Å². The molecule has 0 radical (unpaired) electrons. The van der Waals surface area contributed by atoms with Crippen molar-refractivity contribution in [3.05, 3.63) is 0 Å². The van der Waals surface area contributed by atoms with Crippen LogP contribution in [0.3, 0.4) is 0 Å². The van der Waals surface area contributed by atoms with Crippen molar-refractivity contribution in [2.24, 2.45) is 11.8 Å². The normalized spacial score (nSPS) is 13.9. The van der Waals surface area contributed by atoms with Gasteiger partial charge < -0.3 is 33.8 Å². The molecular formula is C80H156O17P2. The first-order chi connectivity index (χ1) is 47.9. The van der Waals surface area contributed by atoms with Gasteiger partial charge in [-0.3, -0.25) is 37.3 Å². The lowest BCUT2D eigenvalue weighted by Crippen LogP contribution is -2.30. The highest BCUT2D eigenvalue weighted by Crippen LogP contribution is 2.45. The van der Waals surface area contributed by atoms with Crippen LogP contribution in [0.5, 0.6) is 0 Å². The molecule has 2 unspecified atom stereocenters. The van der Waals surface area contributed by atoms with Crippen LogP contribution in [0.4, 0.5) is 0 Å². The first-order valence-electron chi connectivity index (χ1n) is 41.5. The number of carbonyl (C=O) groups excluding carboxylic acids is 4. The molecule has 0 bridgehead atoms. The third-order valence-corrected chi connectivity index (χ3v) is 20.6. The summed E-state index contributed by atoms with van der Waals surface area (Å²) in [6.45, 7) is 9.62. The molecule has 0 aromatic rings. The van der Waals surface area contributed by atoms with Gasteiger partial charge in [-0.1, -0.05) is 369 Å². The van der Waals surface area contributed by atoms with Crippen LogP contribution in [0.2, 0.25) is 0 Å². The molecule has 0 aliphatic rings. The van der Waals surface area contributed by atoms with Gasteiger partial charge in [0.05, 0.1) is 26.4 Å². The Bertz CT molecular complexity index is 1910. The number of phosphoric ester groups is 2. The smallest absolute Gasteiger partial charge is 0.462 e. The van der Waals surface area contributed by atoms with Crippen molar-refractivity contribution in [1.29, 1.82) is 0 Å². The molecule has 0 aromatic heterocycles. The van der Waals surface area contributed by atoms with Crippen molar-refractivity contribution >= 4 is 39.5 Å². The summed E-state index contributed by atoms with van der Waals surface area (Å²) in [5.41, 5.74) is 0. The Morgan fingerprint density at radius 2 is 0.465 bits per heavy atom. The highest BCUT2D eigenvalue weighted by Gasteiger charge is 2.30. The van der Waals surface area contributed by atoms with Crippen LogP contribution in [0.15, 0.2) is 0 Å². The largest absolute Gasteiger partial charge is 0.472 e. The maximum absolute atomic E-state index is 13.1. The van der Waals surface area contributed by atoms with Gasteiger partial charge in [0.25, 0.3) is 0 Å². The zero-order chi connectivity index (χ0) is 72.8. The third-order valence-electron chi connectivity index (χ3n) is 18.7. The molecule has 0 spiro atoms. The summed E-state index contributed by atoms with van der Waals surface area (Å²) in [5, 5.41) is 10.6. The average Bonchev–Trinajstić information content (AvgIpc) is 0.990. The molecule has 0 aliphatic heterocycles. The van der Waals surface area contributed by atoms with Crippen molar-refractivity contribution in [1.82, 2.24) is 0 Å². The van der Waals surface area contributed by atoms with E-state index in [0.29, 0.717) is 25.7 Å². The van der Waals surface area contributed by atoms with Crippen molar-refractivity contribution in [3.8, 4) is 0 Å². The molecule has 0 heterocycles. The predicted octanol–water partition coefficient (Wildman–Crippen LogP) is 23.9. The second kappa shape index (κ2) is 71.7. The summed E-state index contributed by atoms with van der Waals surface area (Å²) < 4.78 is 68.6. The summed E-state index contributed by atoms with van der Waals surface area (Å²) in [4.78, 5) is 72.8. The number of hydrogen-bond acceptors (Lipinski definition) is 15. The molecule has 5 atom stereocenters. The molecule has 588 valence electrons. The molecular weight excluding hydrogens is 1290 g/mol. The first-order valence-corrected chi connectivity index (χ1v) is 44.5. The van der Waals surface area contributed by atoms with Gasteiger partial charge in [-0.25, -0.2) is 9.13 Å². The molecule has 19 heteroatoms. The van der Waals surface area contributed by atoms with Crippen LogP contribution >= 0.6 is 15.6 Å². The van der Waals surface area contributed by atoms with Crippen LogP contribution < -0.4 is 0 Å². The van der Waals surface area contributed by atoms with Gasteiger partial charge in [0.1, 0.15) is 19.3 Å². The molecule has 0 amide bonds. The second-order valence-electron chi connectivity index (χ2n) is 29.8. The average molecular weight is 1450 g/mol. The standard InChI is InChI=1S/C80H156O17P2/c1-7-9-11-13-15-16-17-18-19-20-21-22-23-24-29-35-40-46-52-58-64-80(85)97-76(69-91-78(83)63-57-51-45-39-34-30-25-27-32-37-43-48-54-60-72(3)4)71-95-99(88,89)93-67-74(81)66-92-98(86,87)94-70-75(68-90-77(82)62-56-50-42-14-12-10-8-2)96-79(84)65-59-53-47-41-36-31-26-28-33-38-44-49-55-61-73(5)6/h72-76,81H,7-71H2,1-6H3,(H,86,87)(H,88,89)/t74-,75+,76+/m0/s1. The highest BCUT2D eigenvalue weighted by molar-refractivity contribution is 7.47. The van der Waals surface area contributed by atoms with E-state index in [9.17, 15) is 43.2 Å². The van der Waals surface area contributed by atoms with E-state index < -0.39 is 97.5 Å². The van der Waals surface area contributed by atoms with E-state index in [4.69, 9.17) is 37.0 Å². The van der Waals surface area contributed by atoms with E-state index in [2.05, 4.69) is 41.5 Å². The molecule has 17 nitrogen and oxygen atoms in total. The number of rotatable bonds is 79. The number of aliphatic hydroxyl groups is 1. The van der Waals surface area contributed by atoms with Crippen LogP contribution in [0, 0.1) is 11.8 Å². The van der Waals surface area contributed by atoms with Gasteiger partial charge in [0.2, 0.25) is 0 Å². The minimum Gasteiger partial charge on any atom is -0.462 e. The minimum atomic E-state index is -4.96. The first kappa shape index (κ1) is 97.1. The zero-order valence-corrected chi connectivity index (χ0v) is 66.6. The van der Waals surface area contributed by atoms with Crippen LogP contribution in [0.25, 0.3) is 0 Å².